The Balaban J connectivity index is 1.99. The number of ether oxygens (including phenoxy) is 1. The lowest BCUT2D eigenvalue weighted by Crippen LogP contribution is -2.44. The first-order chi connectivity index (χ1) is 13.1. The van der Waals surface area contributed by atoms with E-state index in [-0.39, 0.29) is 19.2 Å². The standard InChI is InChI=1S/C20H25ClN2O4S/c1-14-5-9-18(10-6-14)27-13-16(3)22-20(24)12-23(28(4,25)26)17-8-7-15(2)19(21)11-17/h5-11,16H,12-13H2,1-4H3,(H,22,24). The van der Waals surface area contributed by atoms with Gasteiger partial charge in [0.15, 0.2) is 0 Å². The SMILES string of the molecule is Cc1ccc(OCC(C)NC(=O)CN(c2ccc(C)c(Cl)c2)S(C)(=O)=O)cc1. The second-order valence-corrected chi connectivity index (χ2v) is 9.11. The van der Waals surface area contributed by atoms with E-state index in [1.165, 1.54) is 6.07 Å². The lowest BCUT2D eigenvalue weighted by atomic mass is 10.2. The second-order valence-electron chi connectivity index (χ2n) is 6.80. The number of benzene rings is 2. The van der Waals surface area contributed by atoms with Crippen LogP contribution in [0.15, 0.2) is 42.5 Å². The lowest BCUT2D eigenvalue weighted by Gasteiger charge is -2.23. The van der Waals surface area contributed by atoms with Crippen LogP contribution in [0.2, 0.25) is 5.02 Å². The monoisotopic (exact) mass is 424 g/mol. The summed E-state index contributed by atoms with van der Waals surface area (Å²) in [6.07, 6.45) is 1.05. The molecule has 0 radical (unpaired) electrons. The molecule has 0 fully saturated rings. The van der Waals surface area contributed by atoms with E-state index in [1.807, 2.05) is 38.1 Å². The summed E-state index contributed by atoms with van der Waals surface area (Å²) < 4.78 is 31.0. The molecule has 2 rings (SSSR count). The molecule has 2 aromatic rings. The maximum atomic E-state index is 12.4. The Bertz CT molecular complexity index is 930. The summed E-state index contributed by atoms with van der Waals surface area (Å²) in [4.78, 5) is 12.4. The fourth-order valence-electron chi connectivity index (χ4n) is 2.49. The first-order valence-electron chi connectivity index (χ1n) is 8.79. The molecule has 0 bridgehead atoms. The van der Waals surface area contributed by atoms with Crippen molar-refractivity contribution in [3.63, 3.8) is 0 Å². The van der Waals surface area contributed by atoms with E-state index in [0.29, 0.717) is 16.5 Å². The number of amides is 1. The van der Waals surface area contributed by atoms with Crippen LogP contribution in [-0.4, -0.2) is 39.8 Å². The van der Waals surface area contributed by atoms with Crippen LogP contribution >= 0.6 is 11.6 Å². The molecule has 2 aromatic carbocycles. The number of carbonyl (C=O) groups is 1. The number of anilines is 1. The van der Waals surface area contributed by atoms with Gasteiger partial charge in [-0.1, -0.05) is 35.4 Å². The van der Waals surface area contributed by atoms with Crippen LogP contribution in [0.3, 0.4) is 0 Å². The van der Waals surface area contributed by atoms with Gasteiger partial charge in [0.2, 0.25) is 15.9 Å². The van der Waals surface area contributed by atoms with Gasteiger partial charge in [0.05, 0.1) is 18.0 Å². The molecule has 0 heterocycles. The normalized spacial score (nSPS) is 12.3. The highest BCUT2D eigenvalue weighted by atomic mass is 35.5. The number of hydrogen-bond acceptors (Lipinski definition) is 4. The van der Waals surface area contributed by atoms with E-state index in [1.54, 1.807) is 19.1 Å². The molecular weight excluding hydrogens is 400 g/mol. The number of rotatable bonds is 8. The minimum absolute atomic E-state index is 0.268. The van der Waals surface area contributed by atoms with Crippen molar-refractivity contribution in [1.29, 1.82) is 0 Å². The van der Waals surface area contributed by atoms with Gasteiger partial charge in [0, 0.05) is 5.02 Å². The minimum Gasteiger partial charge on any atom is -0.491 e. The van der Waals surface area contributed by atoms with Crippen molar-refractivity contribution in [2.75, 3.05) is 23.7 Å². The Morgan fingerprint density at radius 1 is 1.18 bits per heavy atom. The van der Waals surface area contributed by atoms with Gasteiger partial charge in [0.25, 0.3) is 0 Å². The summed E-state index contributed by atoms with van der Waals surface area (Å²) in [5.41, 5.74) is 2.30. The predicted molar refractivity (Wildman–Crippen MR) is 113 cm³/mol. The molecule has 1 atom stereocenters. The van der Waals surface area contributed by atoms with E-state index < -0.39 is 15.9 Å². The Labute approximate surface area is 171 Å². The summed E-state index contributed by atoms with van der Waals surface area (Å²) in [5, 5.41) is 3.19. The molecule has 1 unspecified atom stereocenters. The molecule has 6 nitrogen and oxygen atoms in total. The Morgan fingerprint density at radius 3 is 2.39 bits per heavy atom. The van der Waals surface area contributed by atoms with Crippen molar-refractivity contribution in [3.8, 4) is 5.75 Å². The zero-order chi connectivity index (χ0) is 20.9. The van der Waals surface area contributed by atoms with Crippen LogP contribution in [0.5, 0.6) is 5.75 Å². The Hall–Kier alpha value is -2.25. The van der Waals surface area contributed by atoms with Crippen molar-refractivity contribution >= 4 is 33.2 Å². The van der Waals surface area contributed by atoms with Gasteiger partial charge < -0.3 is 10.1 Å². The van der Waals surface area contributed by atoms with Gasteiger partial charge in [0.1, 0.15) is 18.9 Å². The van der Waals surface area contributed by atoms with E-state index >= 15 is 0 Å². The zero-order valence-electron chi connectivity index (χ0n) is 16.4. The number of aryl methyl sites for hydroxylation is 2. The molecule has 0 spiro atoms. The summed E-state index contributed by atoms with van der Waals surface area (Å²) in [7, 11) is -3.66. The maximum Gasteiger partial charge on any atom is 0.241 e. The topological polar surface area (TPSA) is 75.7 Å². The molecule has 152 valence electrons. The number of sulfonamides is 1. The van der Waals surface area contributed by atoms with Gasteiger partial charge in [-0.15, -0.1) is 0 Å². The number of hydrogen-bond donors (Lipinski definition) is 1. The van der Waals surface area contributed by atoms with Crippen molar-refractivity contribution in [1.82, 2.24) is 5.32 Å². The fourth-order valence-corrected chi connectivity index (χ4v) is 3.51. The highest BCUT2D eigenvalue weighted by molar-refractivity contribution is 7.92. The third-order valence-corrected chi connectivity index (χ3v) is 5.61. The van der Waals surface area contributed by atoms with Crippen LogP contribution in [0.1, 0.15) is 18.1 Å². The quantitative estimate of drug-likeness (QED) is 0.705. The Morgan fingerprint density at radius 2 is 1.82 bits per heavy atom. The number of nitrogens with one attached hydrogen (secondary N) is 1. The minimum atomic E-state index is -3.66. The highest BCUT2D eigenvalue weighted by Gasteiger charge is 2.22. The summed E-state index contributed by atoms with van der Waals surface area (Å²) in [6.45, 7) is 5.53. The second kappa shape index (κ2) is 9.30. The maximum absolute atomic E-state index is 12.4. The van der Waals surface area contributed by atoms with Gasteiger partial charge in [-0.3, -0.25) is 9.10 Å². The molecule has 28 heavy (non-hydrogen) atoms. The van der Waals surface area contributed by atoms with Crippen LogP contribution in [0.4, 0.5) is 5.69 Å². The van der Waals surface area contributed by atoms with E-state index in [0.717, 1.165) is 21.7 Å². The molecule has 0 aliphatic carbocycles. The van der Waals surface area contributed by atoms with E-state index in [4.69, 9.17) is 16.3 Å². The van der Waals surface area contributed by atoms with Crippen LogP contribution in [-0.2, 0) is 14.8 Å². The Kier molecular flexibility index (Phi) is 7.32. The number of nitrogens with zero attached hydrogens (tertiary/aromatic N) is 1. The fraction of sp³-hybridized carbons (Fsp3) is 0.350. The average Bonchev–Trinajstić information content (AvgIpc) is 2.61. The van der Waals surface area contributed by atoms with Crippen molar-refractivity contribution in [2.24, 2.45) is 0 Å². The van der Waals surface area contributed by atoms with Crippen molar-refractivity contribution in [3.05, 3.63) is 58.6 Å². The number of carbonyl (C=O) groups excluding carboxylic acids is 1. The van der Waals surface area contributed by atoms with Crippen LogP contribution in [0, 0.1) is 13.8 Å². The molecule has 0 aliphatic rings. The predicted octanol–water partition coefficient (Wildman–Crippen LogP) is 3.31. The zero-order valence-corrected chi connectivity index (χ0v) is 18.0. The third kappa shape index (κ3) is 6.42. The highest BCUT2D eigenvalue weighted by Crippen LogP contribution is 2.24. The molecule has 0 saturated heterocycles. The molecule has 1 N–H and O–H groups in total. The molecule has 8 heteroatoms. The molecule has 0 aromatic heterocycles. The summed E-state index contributed by atoms with van der Waals surface area (Å²) >= 11 is 6.10. The molecular formula is C20H25ClN2O4S. The van der Waals surface area contributed by atoms with Gasteiger partial charge in [-0.2, -0.15) is 0 Å². The van der Waals surface area contributed by atoms with E-state index in [2.05, 4.69) is 5.32 Å². The summed E-state index contributed by atoms with van der Waals surface area (Å²) in [5.74, 6) is 0.279. The van der Waals surface area contributed by atoms with Crippen LogP contribution < -0.4 is 14.4 Å². The first-order valence-corrected chi connectivity index (χ1v) is 11.0. The van der Waals surface area contributed by atoms with Crippen LogP contribution in [0.25, 0.3) is 0 Å². The molecule has 0 aliphatic heterocycles. The smallest absolute Gasteiger partial charge is 0.241 e. The third-order valence-electron chi connectivity index (χ3n) is 4.06. The average molecular weight is 425 g/mol. The van der Waals surface area contributed by atoms with Crippen molar-refractivity contribution < 1.29 is 17.9 Å². The van der Waals surface area contributed by atoms with Gasteiger partial charge in [-0.05, 0) is 50.6 Å². The first kappa shape index (κ1) is 22.0. The largest absolute Gasteiger partial charge is 0.491 e. The lowest BCUT2D eigenvalue weighted by molar-refractivity contribution is -0.120. The molecule has 1 amide bonds. The van der Waals surface area contributed by atoms with Gasteiger partial charge >= 0.3 is 0 Å². The summed E-state index contributed by atoms with van der Waals surface area (Å²) in [6, 6.07) is 12.2. The molecule has 0 saturated carbocycles. The van der Waals surface area contributed by atoms with Crippen molar-refractivity contribution in [2.45, 2.75) is 26.8 Å². The van der Waals surface area contributed by atoms with Gasteiger partial charge in [-0.25, -0.2) is 8.42 Å². The number of halogens is 1. The van der Waals surface area contributed by atoms with E-state index in [9.17, 15) is 13.2 Å².